The lowest BCUT2D eigenvalue weighted by atomic mass is 10.1. The number of imidazole rings is 1. The van der Waals surface area contributed by atoms with Gasteiger partial charge in [-0.05, 0) is 43.7 Å². The highest BCUT2D eigenvalue weighted by molar-refractivity contribution is 5.80. The molecule has 0 bridgehead atoms. The van der Waals surface area contributed by atoms with E-state index in [-0.39, 0.29) is 0 Å². The molecule has 0 amide bonds. The monoisotopic (exact) mass is 237 g/mol. The number of hydrogen-bond donors (Lipinski definition) is 1. The Morgan fingerprint density at radius 3 is 2.67 bits per heavy atom. The average Bonchev–Trinajstić information content (AvgIpc) is 2.72. The largest absolute Gasteiger partial charge is 0.399 e. The first-order valence-electron chi connectivity index (χ1n) is 5.95. The quantitative estimate of drug-likeness (QED) is 0.660. The van der Waals surface area contributed by atoms with E-state index in [1.54, 1.807) is 0 Å². The number of benzene rings is 2. The molecule has 0 aliphatic heterocycles. The Kier molecular flexibility index (Phi) is 2.33. The summed E-state index contributed by atoms with van der Waals surface area (Å²) in [5, 5.41) is 0. The lowest BCUT2D eigenvalue weighted by Crippen LogP contribution is -1.95. The van der Waals surface area contributed by atoms with Gasteiger partial charge < -0.3 is 5.73 Å². The van der Waals surface area contributed by atoms with Crippen LogP contribution in [0.5, 0.6) is 0 Å². The van der Waals surface area contributed by atoms with Crippen molar-refractivity contribution in [2.24, 2.45) is 0 Å². The number of nitrogen functional groups attached to an aromatic ring is 1. The molecule has 0 spiro atoms. The van der Waals surface area contributed by atoms with Crippen LogP contribution in [0.15, 0.2) is 42.7 Å². The summed E-state index contributed by atoms with van der Waals surface area (Å²) < 4.78 is 2.10. The minimum Gasteiger partial charge on any atom is -0.399 e. The maximum Gasteiger partial charge on any atom is 0.100 e. The minimum absolute atomic E-state index is 0.744. The van der Waals surface area contributed by atoms with Crippen LogP contribution in [0, 0.1) is 13.8 Å². The number of nitrogens with zero attached hydrogens (tertiary/aromatic N) is 2. The van der Waals surface area contributed by atoms with E-state index in [9.17, 15) is 0 Å². The molecule has 0 aliphatic carbocycles. The molecule has 3 heteroatoms. The molecule has 18 heavy (non-hydrogen) atoms. The summed E-state index contributed by atoms with van der Waals surface area (Å²) in [6.07, 6.45) is 1.85. The second-order valence-corrected chi connectivity index (χ2v) is 4.65. The second kappa shape index (κ2) is 3.88. The Bertz CT molecular complexity index is 726. The van der Waals surface area contributed by atoms with E-state index in [1.165, 1.54) is 11.1 Å². The Hall–Kier alpha value is -2.29. The van der Waals surface area contributed by atoms with Gasteiger partial charge in [0.15, 0.2) is 0 Å². The van der Waals surface area contributed by atoms with Crippen molar-refractivity contribution < 1.29 is 0 Å². The summed E-state index contributed by atoms with van der Waals surface area (Å²) in [5.41, 5.74) is 12.2. The fourth-order valence-electron chi connectivity index (χ4n) is 2.30. The maximum absolute atomic E-state index is 5.77. The smallest absolute Gasteiger partial charge is 0.100 e. The molecular weight excluding hydrogens is 222 g/mol. The summed E-state index contributed by atoms with van der Waals surface area (Å²) in [7, 11) is 0. The SMILES string of the molecule is Cc1ccc(-n2cnc3cc(N)ccc32)c(C)c1. The van der Waals surface area contributed by atoms with Gasteiger partial charge in [-0.15, -0.1) is 0 Å². The number of anilines is 1. The van der Waals surface area contributed by atoms with Crippen LogP contribution in [0.1, 0.15) is 11.1 Å². The predicted molar refractivity (Wildman–Crippen MR) is 75.0 cm³/mol. The van der Waals surface area contributed by atoms with Crippen molar-refractivity contribution in [3.05, 3.63) is 53.9 Å². The third-order valence-electron chi connectivity index (χ3n) is 3.18. The van der Waals surface area contributed by atoms with E-state index in [1.807, 2.05) is 24.5 Å². The summed E-state index contributed by atoms with van der Waals surface area (Å²) >= 11 is 0. The molecule has 90 valence electrons. The second-order valence-electron chi connectivity index (χ2n) is 4.65. The van der Waals surface area contributed by atoms with Gasteiger partial charge in [0.25, 0.3) is 0 Å². The molecule has 3 aromatic rings. The van der Waals surface area contributed by atoms with E-state index >= 15 is 0 Å². The Morgan fingerprint density at radius 2 is 1.89 bits per heavy atom. The standard InChI is InChI=1S/C15H15N3/c1-10-3-5-14(11(2)7-10)18-9-17-13-8-12(16)4-6-15(13)18/h3-9H,16H2,1-2H3. The van der Waals surface area contributed by atoms with Gasteiger partial charge in [-0.2, -0.15) is 0 Å². The first-order valence-corrected chi connectivity index (χ1v) is 5.95. The first-order chi connectivity index (χ1) is 8.65. The first kappa shape index (κ1) is 10.8. The lowest BCUT2D eigenvalue weighted by molar-refractivity contribution is 1.07. The molecule has 1 heterocycles. The average molecular weight is 237 g/mol. The Balaban J connectivity index is 2.25. The third kappa shape index (κ3) is 1.64. The lowest BCUT2D eigenvalue weighted by Gasteiger charge is -2.09. The van der Waals surface area contributed by atoms with E-state index in [0.29, 0.717) is 0 Å². The van der Waals surface area contributed by atoms with Crippen molar-refractivity contribution >= 4 is 16.7 Å². The number of fused-ring (bicyclic) bond motifs is 1. The van der Waals surface area contributed by atoms with Crippen molar-refractivity contribution in [2.45, 2.75) is 13.8 Å². The maximum atomic E-state index is 5.77. The van der Waals surface area contributed by atoms with Crippen molar-refractivity contribution in [1.29, 1.82) is 0 Å². The summed E-state index contributed by atoms with van der Waals surface area (Å²) in [4.78, 5) is 4.40. The molecule has 0 saturated heterocycles. The molecule has 0 fully saturated rings. The van der Waals surface area contributed by atoms with Crippen LogP contribution >= 0.6 is 0 Å². The van der Waals surface area contributed by atoms with E-state index in [2.05, 4.69) is 41.6 Å². The van der Waals surface area contributed by atoms with Gasteiger partial charge in [0, 0.05) is 5.69 Å². The molecule has 0 aliphatic rings. The molecule has 0 unspecified atom stereocenters. The van der Waals surface area contributed by atoms with Crippen LogP contribution in [0.4, 0.5) is 5.69 Å². The van der Waals surface area contributed by atoms with Crippen LogP contribution in [0.3, 0.4) is 0 Å². The van der Waals surface area contributed by atoms with Crippen LogP contribution in [0.25, 0.3) is 16.7 Å². The van der Waals surface area contributed by atoms with Gasteiger partial charge in [-0.1, -0.05) is 17.7 Å². The van der Waals surface area contributed by atoms with Crippen LogP contribution < -0.4 is 5.73 Å². The zero-order valence-corrected chi connectivity index (χ0v) is 10.5. The molecule has 2 N–H and O–H groups in total. The van der Waals surface area contributed by atoms with Gasteiger partial charge in [-0.25, -0.2) is 4.98 Å². The van der Waals surface area contributed by atoms with Crippen molar-refractivity contribution in [3.63, 3.8) is 0 Å². The van der Waals surface area contributed by atoms with Crippen molar-refractivity contribution in [1.82, 2.24) is 9.55 Å². The topological polar surface area (TPSA) is 43.8 Å². The minimum atomic E-state index is 0.744. The molecule has 3 rings (SSSR count). The summed E-state index contributed by atoms with van der Waals surface area (Å²) in [5.74, 6) is 0. The van der Waals surface area contributed by atoms with E-state index < -0.39 is 0 Å². The normalized spacial score (nSPS) is 11.0. The van der Waals surface area contributed by atoms with Crippen molar-refractivity contribution in [2.75, 3.05) is 5.73 Å². The van der Waals surface area contributed by atoms with Crippen molar-refractivity contribution in [3.8, 4) is 5.69 Å². The zero-order chi connectivity index (χ0) is 12.7. The molecular formula is C15H15N3. The van der Waals surface area contributed by atoms with Gasteiger partial charge in [0.1, 0.15) is 6.33 Å². The molecule has 0 radical (unpaired) electrons. The summed E-state index contributed by atoms with van der Waals surface area (Å²) in [6.45, 7) is 4.22. The highest BCUT2D eigenvalue weighted by Crippen LogP contribution is 2.22. The van der Waals surface area contributed by atoms with Crippen LogP contribution in [-0.4, -0.2) is 9.55 Å². The van der Waals surface area contributed by atoms with E-state index in [4.69, 9.17) is 5.73 Å². The molecule has 0 atom stereocenters. The van der Waals surface area contributed by atoms with Gasteiger partial charge in [-0.3, -0.25) is 4.57 Å². The third-order valence-corrected chi connectivity index (χ3v) is 3.18. The molecule has 2 aromatic carbocycles. The highest BCUT2D eigenvalue weighted by atomic mass is 15.0. The molecule has 3 nitrogen and oxygen atoms in total. The number of aromatic nitrogens is 2. The summed E-state index contributed by atoms with van der Waals surface area (Å²) in [6, 6.07) is 12.2. The highest BCUT2D eigenvalue weighted by Gasteiger charge is 2.06. The number of nitrogens with two attached hydrogens (primary N) is 1. The Morgan fingerprint density at radius 1 is 1.06 bits per heavy atom. The van der Waals surface area contributed by atoms with Crippen LogP contribution in [-0.2, 0) is 0 Å². The molecule has 0 saturated carbocycles. The number of aryl methyl sites for hydroxylation is 2. The zero-order valence-electron chi connectivity index (χ0n) is 10.5. The van der Waals surface area contributed by atoms with Gasteiger partial charge in [0.05, 0.1) is 16.7 Å². The predicted octanol–water partition coefficient (Wildman–Crippen LogP) is 3.22. The Labute approximate surface area is 106 Å². The molecule has 1 aromatic heterocycles. The number of hydrogen-bond acceptors (Lipinski definition) is 2. The van der Waals surface area contributed by atoms with Crippen LogP contribution in [0.2, 0.25) is 0 Å². The number of rotatable bonds is 1. The van der Waals surface area contributed by atoms with E-state index in [0.717, 1.165) is 22.4 Å². The van der Waals surface area contributed by atoms with Gasteiger partial charge in [0.2, 0.25) is 0 Å². The fourth-order valence-corrected chi connectivity index (χ4v) is 2.30. The van der Waals surface area contributed by atoms with Gasteiger partial charge >= 0.3 is 0 Å². The fraction of sp³-hybridized carbons (Fsp3) is 0.133.